The second-order valence-electron chi connectivity index (χ2n) is 5.89. The predicted octanol–water partition coefficient (Wildman–Crippen LogP) is 4.05. The highest BCUT2D eigenvalue weighted by Gasteiger charge is 2.16. The minimum Gasteiger partial charge on any atom is -0.351 e. The van der Waals surface area contributed by atoms with E-state index in [2.05, 4.69) is 10.3 Å². The van der Waals surface area contributed by atoms with E-state index in [1.807, 2.05) is 31.2 Å². The minimum absolute atomic E-state index is 0.0133. The summed E-state index contributed by atoms with van der Waals surface area (Å²) in [6.07, 6.45) is 0. The van der Waals surface area contributed by atoms with Crippen LogP contribution in [0.15, 0.2) is 42.5 Å². The van der Waals surface area contributed by atoms with Gasteiger partial charge in [-0.1, -0.05) is 19.1 Å². The first-order valence-electron chi connectivity index (χ1n) is 7.84. The molecule has 3 aromatic rings. The lowest BCUT2D eigenvalue weighted by molar-refractivity contribution is -0.385. The molecule has 0 radical (unpaired) electrons. The largest absolute Gasteiger partial charge is 0.351 e. The van der Waals surface area contributed by atoms with Gasteiger partial charge < -0.3 is 5.32 Å². The number of hydrogen-bond donors (Lipinski definition) is 1. The van der Waals surface area contributed by atoms with Crippen LogP contribution in [0.2, 0.25) is 0 Å². The van der Waals surface area contributed by atoms with Gasteiger partial charge in [0.1, 0.15) is 0 Å². The highest BCUT2D eigenvalue weighted by molar-refractivity contribution is 7.18. The van der Waals surface area contributed by atoms with Crippen LogP contribution in [0.25, 0.3) is 10.2 Å². The fourth-order valence-electron chi connectivity index (χ4n) is 2.54. The number of hydrogen-bond acceptors (Lipinski definition) is 5. The van der Waals surface area contributed by atoms with Crippen molar-refractivity contribution in [2.24, 2.45) is 0 Å². The lowest BCUT2D eigenvalue weighted by Crippen LogP contribution is -2.27. The fraction of sp³-hybridized carbons (Fsp3) is 0.222. The van der Waals surface area contributed by atoms with E-state index in [4.69, 9.17) is 0 Å². The van der Waals surface area contributed by atoms with Crippen molar-refractivity contribution in [3.8, 4) is 0 Å². The maximum atomic E-state index is 12.3. The number of para-hydroxylation sites is 1. The molecular weight excluding hydrogens is 338 g/mol. The number of nitrogens with zero attached hydrogens (tertiary/aromatic N) is 2. The van der Waals surface area contributed by atoms with Crippen LogP contribution in [-0.2, 0) is 0 Å². The van der Waals surface area contributed by atoms with Crippen LogP contribution in [0.3, 0.4) is 0 Å². The van der Waals surface area contributed by atoms with Gasteiger partial charge in [-0.15, -0.1) is 11.3 Å². The summed E-state index contributed by atoms with van der Waals surface area (Å²) in [5, 5.41) is 14.7. The molecule has 7 heteroatoms. The van der Waals surface area contributed by atoms with E-state index in [-0.39, 0.29) is 17.5 Å². The summed E-state index contributed by atoms with van der Waals surface area (Å²) >= 11 is 1.62. The molecule has 0 aliphatic rings. The Morgan fingerprint density at radius 2 is 2.08 bits per heavy atom. The second kappa shape index (κ2) is 6.98. The number of rotatable bonds is 5. The number of thiazole rings is 1. The van der Waals surface area contributed by atoms with Crippen LogP contribution >= 0.6 is 11.3 Å². The predicted molar refractivity (Wildman–Crippen MR) is 98.2 cm³/mol. The lowest BCUT2D eigenvalue weighted by Gasteiger charge is -2.10. The van der Waals surface area contributed by atoms with Gasteiger partial charge in [-0.05, 0) is 31.2 Å². The van der Waals surface area contributed by atoms with Gasteiger partial charge in [-0.3, -0.25) is 14.9 Å². The van der Waals surface area contributed by atoms with E-state index in [0.717, 1.165) is 15.2 Å². The molecule has 1 amide bonds. The van der Waals surface area contributed by atoms with Crippen molar-refractivity contribution < 1.29 is 9.72 Å². The SMILES string of the molecule is Cc1cc(C(=O)NCC(C)c2nc3ccccc3s2)ccc1[N+](=O)[O-]. The number of nitro groups is 1. The summed E-state index contributed by atoms with van der Waals surface area (Å²) < 4.78 is 1.13. The van der Waals surface area contributed by atoms with Crippen LogP contribution in [-0.4, -0.2) is 22.4 Å². The van der Waals surface area contributed by atoms with Crippen molar-refractivity contribution in [2.45, 2.75) is 19.8 Å². The third-order valence-electron chi connectivity index (χ3n) is 3.96. The van der Waals surface area contributed by atoms with Crippen molar-refractivity contribution >= 4 is 33.1 Å². The molecule has 0 fully saturated rings. The van der Waals surface area contributed by atoms with Gasteiger partial charge in [0.2, 0.25) is 0 Å². The molecule has 3 rings (SSSR count). The maximum Gasteiger partial charge on any atom is 0.272 e. The van der Waals surface area contributed by atoms with E-state index in [0.29, 0.717) is 17.7 Å². The Morgan fingerprint density at radius 1 is 1.32 bits per heavy atom. The zero-order valence-corrected chi connectivity index (χ0v) is 14.7. The Bertz CT molecular complexity index is 919. The molecule has 1 heterocycles. The molecular formula is C18H17N3O3S. The number of benzene rings is 2. The van der Waals surface area contributed by atoms with Gasteiger partial charge in [-0.2, -0.15) is 0 Å². The summed E-state index contributed by atoms with van der Waals surface area (Å²) in [7, 11) is 0. The van der Waals surface area contributed by atoms with Crippen LogP contribution in [0.1, 0.15) is 33.8 Å². The van der Waals surface area contributed by atoms with Crippen LogP contribution in [0.5, 0.6) is 0 Å². The average Bonchev–Trinajstić information content (AvgIpc) is 3.03. The molecule has 25 heavy (non-hydrogen) atoms. The topological polar surface area (TPSA) is 85.1 Å². The van der Waals surface area contributed by atoms with Gasteiger partial charge in [0.05, 0.1) is 20.1 Å². The Labute approximate surface area is 148 Å². The monoisotopic (exact) mass is 355 g/mol. The van der Waals surface area contributed by atoms with E-state index in [1.54, 1.807) is 18.3 Å². The van der Waals surface area contributed by atoms with E-state index in [9.17, 15) is 14.9 Å². The highest BCUT2D eigenvalue weighted by Crippen LogP contribution is 2.27. The van der Waals surface area contributed by atoms with Crippen molar-refractivity contribution in [1.29, 1.82) is 0 Å². The summed E-state index contributed by atoms with van der Waals surface area (Å²) in [6, 6.07) is 12.3. The van der Waals surface area contributed by atoms with Gasteiger partial charge in [-0.25, -0.2) is 4.98 Å². The lowest BCUT2D eigenvalue weighted by atomic mass is 10.1. The molecule has 0 aliphatic heterocycles. The first-order chi connectivity index (χ1) is 12.0. The summed E-state index contributed by atoms with van der Waals surface area (Å²) in [4.78, 5) is 27.3. The van der Waals surface area contributed by atoms with Gasteiger partial charge >= 0.3 is 0 Å². The zero-order valence-electron chi connectivity index (χ0n) is 13.9. The summed E-state index contributed by atoms with van der Waals surface area (Å²) in [5.74, 6) is -0.161. The number of fused-ring (bicyclic) bond motifs is 1. The van der Waals surface area contributed by atoms with Gasteiger partial charge in [0.15, 0.2) is 0 Å². The van der Waals surface area contributed by atoms with Crippen molar-refractivity contribution in [3.05, 3.63) is 68.7 Å². The number of carbonyl (C=O) groups is 1. The average molecular weight is 355 g/mol. The van der Waals surface area contributed by atoms with E-state index in [1.165, 1.54) is 18.2 Å². The van der Waals surface area contributed by atoms with Crippen molar-refractivity contribution in [1.82, 2.24) is 10.3 Å². The minimum atomic E-state index is -0.452. The fourth-order valence-corrected chi connectivity index (χ4v) is 3.56. The molecule has 0 spiro atoms. The Balaban J connectivity index is 1.67. The van der Waals surface area contributed by atoms with Crippen LogP contribution < -0.4 is 5.32 Å². The van der Waals surface area contributed by atoms with Crippen molar-refractivity contribution in [2.75, 3.05) is 6.54 Å². The standard InChI is InChI=1S/C18H17N3O3S/c1-11-9-13(7-8-15(11)21(23)24)17(22)19-10-12(2)18-20-14-5-3-4-6-16(14)25-18/h3-9,12H,10H2,1-2H3,(H,19,22). The molecule has 1 unspecified atom stereocenters. The molecule has 2 aromatic carbocycles. The number of amides is 1. The summed E-state index contributed by atoms with van der Waals surface area (Å²) in [5.41, 5.74) is 1.86. The smallest absolute Gasteiger partial charge is 0.272 e. The van der Waals surface area contributed by atoms with Crippen molar-refractivity contribution in [3.63, 3.8) is 0 Å². The number of aryl methyl sites for hydroxylation is 1. The normalized spacial score (nSPS) is 12.1. The second-order valence-corrected chi connectivity index (χ2v) is 6.95. The van der Waals surface area contributed by atoms with Gasteiger partial charge in [0, 0.05) is 29.7 Å². The molecule has 6 nitrogen and oxygen atoms in total. The molecule has 1 atom stereocenters. The number of nitro benzene ring substituents is 1. The number of aromatic nitrogens is 1. The third kappa shape index (κ3) is 3.66. The number of carbonyl (C=O) groups excluding carboxylic acids is 1. The van der Waals surface area contributed by atoms with Crippen LogP contribution in [0.4, 0.5) is 5.69 Å². The van der Waals surface area contributed by atoms with Crippen LogP contribution in [0, 0.1) is 17.0 Å². The van der Waals surface area contributed by atoms with Gasteiger partial charge in [0.25, 0.3) is 11.6 Å². The molecule has 0 saturated heterocycles. The molecule has 128 valence electrons. The Morgan fingerprint density at radius 3 is 2.76 bits per heavy atom. The summed E-state index contributed by atoms with van der Waals surface area (Å²) in [6.45, 7) is 4.09. The quantitative estimate of drug-likeness (QED) is 0.553. The highest BCUT2D eigenvalue weighted by atomic mass is 32.1. The molecule has 1 N–H and O–H groups in total. The third-order valence-corrected chi connectivity index (χ3v) is 5.22. The number of nitrogens with one attached hydrogen (secondary N) is 1. The molecule has 0 aliphatic carbocycles. The zero-order chi connectivity index (χ0) is 18.0. The molecule has 0 saturated carbocycles. The molecule has 1 aromatic heterocycles. The first-order valence-corrected chi connectivity index (χ1v) is 8.66. The Kier molecular flexibility index (Phi) is 4.76. The van der Waals surface area contributed by atoms with E-state index >= 15 is 0 Å². The maximum absolute atomic E-state index is 12.3. The Hall–Kier alpha value is -2.80. The first kappa shape index (κ1) is 17.0. The molecule has 0 bridgehead atoms. The van der Waals surface area contributed by atoms with E-state index < -0.39 is 4.92 Å².